The van der Waals surface area contributed by atoms with Crippen LogP contribution >= 0.6 is 11.8 Å². The van der Waals surface area contributed by atoms with E-state index in [1.54, 1.807) is 35.5 Å². The number of halogens is 1. The summed E-state index contributed by atoms with van der Waals surface area (Å²) in [4.78, 5) is 17.8. The van der Waals surface area contributed by atoms with E-state index in [4.69, 9.17) is 0 Å². The molecule has 3 nitrogen and oxygen atoms in total. The molecule has 1 amide bonds. The number of anilines is 1. The predicted octanol–water partition coefficient (Wildman–Crippen LogP) is 3.00. The second kappa shape index (κ2) is 5.01. The Balaban J connectivity index is 1.97. The fourth-order valence-electron chi connectivity index (χ4n) is 2.07. The molecule has 1 aliphatic rings. The number of nitrogens with zero attached hydrogens (tertiary/aromatic N) is 2. The van der Waals surface area contributed by atoms with Crippen molar-refractivity contribution in [2.45, 2.75) is 5.37 Å². The monoisotopic (exact) mass is 274 g/mol. The maximum atomic E-state index is 13.0. The van der Waals surface area contributed by atoms with E-state index >= 15 is 0 Å². The van der Waals surface area contributed by atoms with Crippen LogP contribution in [0.2, 0.25) is 0 Å². The third kappa shape index (κ3) is 2.33. The molecule has 5 heteroatoms. The van der Waals surface area contributed by atoms with E-state index in [2.05, 4.69) is 4.98 Å². The molecular formula is C14H11FN2OS. The summed E-state index contributed by atoms with van der Waals surface area (Å²) in [6, 6.07) is 9.92. The van der Waals surface area contributed by atoms with E-state index in [9.17, 15) is 9.18 Å². The summed E-state index contributed by atoms with van der Waals surface area (Å²) < 4.78 is 13.0. The number of rotatable bonds is 2. The lowest BCUT2D eigenvalue weighted by atomic mass is 10.2. The molecular weight excluding hydrogens is 263 g/mol. The molecule has 0 radical (unpaired) electrons. The number of benzene rings is 1. The molecule has 2 aromatic rings. The van der Waals surface area contributed by atoms with Gasteiger partial charge in [-0.05, 0) is 29.8 Å². The van der Waals surface area contributed by atoms with Crippen LogP contribution in [0.25, 0.3) is 0 Å². The third-order valence-electron chi connectivity index (χ3n) is 2.95. The summed E-state index contributed by atoms with van der Waals surface area (Å²) in [6.45, 7) is 0. The van der Waals surface area contributed by atoms with E-state index in [-0.39, 0.29) is 17.1 Å². The molecule has 0 N–H and O–H groups in total. The van der Waals surface area contributed by atoms with Crippen LogP contribution in [0.3, 0.4) is 0 Å². The van der Waals surface area contributed by atoms with Gasteiger partial charge in [-0.1, -0.05) is 12.1 Å². The van der Waals surface area contributed by atoms with Crippen LogP contribution in [0.5, 0.6) is 0 Å². The molecule has 3 rings (SSSR count). The molecule has 1 unspecified atom stereocenters. The van der Waals surface area contributed by atoms with E-state index in [1.165, 1.54) is 23.9 Å². The molecule has 1 saturated heterocycles. The van der Waals surface area contributed by atoms with Gasteiger partial charge in [0.15, 0.2) is 0 Å². The van der Waals surface area contributed by atoms with Gasteiger partial charge < -0.3 is 0 Å². The molecule has 19 heavy (non-hydrogen) atoms. The molecule has 1 aliphatic heterocycles. The van der Waals surface area contributed by atoms with Gasteiger partial charge in [0.1, 0.15) is 11.2 Å². The minimum Gasteiger partial charge on any atom is -0.293 e. The Morgan fingerprint density at radius 3 is 2.74 bits per heavy atom. The lowest BCUT2D eigenvalue weighted by molar-refractivity contribution is -0.115. The number of thioether (sulfide) groups is 1. The van der Waals surface area contributed by atoms with Crippen LogP contribution in [0.15, 0.2) is 48.8 Å². The highest BCUT2D eigenvalue weighted by Gasteiger charge is 2.34. The van der Waals surface area contributed by atoms with Gasteiger partial charge in [0.05, 0.1) is 17.6 Å². The maximum absolute atomic E-state index is 13.0. The molecule has 0 spiro atoms. The molecule has 96 valence electrons. The zero-order chi connectivity index (χ0) is 13.2. The topological polar surface area (TPSA) is 33.2 Å². The number of pyridine rings is 1. The lowest BCUT2D eigenvalue weighted by Gasteiger charge is -2.23. The quantitative estimate of drug-likeness (QED) is 0.844. The van der Waals surface area contributed by atoms with Crippen molar-refractivity contribution in [3.63, 3.8) is 0 Å². The van der Waals surface area contributed by atoms with Crippen molar-refractivity contribution in [2.75, 3.05) is 10.7 Å². The first-order valence-corrected chi connectivity index (χ1v) is 6.90. The van der Waals surface area contributed by atoms with Gasteiger partial charge in [0.2, 0.25) is 5.91 Å². The van der Waals surface area contributed by atoms with Crippen LogP contribution in [-0.2, 0) is 4.79 Å². The number of aromatic nitrogens is 1. The van der Waals surface area contributed by atoms with E-state index in [0.29, 0.717) is 5.75 Å². The second-order valence-corrected chi connectivity index (χ2v) is 5.26. The molecule has 0 saturated carbocycles. The number of carbonyl (C=O) groups is 1. The molecule has 0 aliphatic carbocycles. The fraction of sp³-hybridized carbons (Fsp3) is 0.143. The normalized spacial score (nSPS) is 18.9. The summed E-state index contributed by atoms with van der Waals surface area (Å²) in [6.07, 6.45) is 3.34. The SMILES string of the molecule is O=C1CSC(c2ccc(F)cc2)N1c1cccnc1. The van der Waals surface area contributed by atoms with Crippen LogP contribution < -0.4 is 4.90 Å². The Bertz CT molecular complexity index is 588. The van der Waals surface area contributed by atoms with E-state index in [1.807, 2.05) is 6.07 Å². The minimum atomic E-state index is -0.272. The number of hydrogen-bond acceptors (Lipinski definition) is 3. The average Bonchev–Trinajstić information content (AvgIpc) is 2.82. The Hall–Kier alpha value is -1.88. The van der Waals surface area contributed by atoms with Gasteiger partial charge in [0.25, 0.3) is 0 Å². The number of amides is 1. The molecule has 1 aromatic carbocycles. The first kappa shape index (κ1) is 12.2. The smallest absolute Gasteiger partial charge is 0.238 e. The van der Waals surface area contributed by atoms with E-state index < -0.39 is 0 Å². The number of carbonyl (C=O) groups excluding carboxylic acids is 1. The highest BCUT2D eigenvalue weighted by atomic mass is 32.2. The maximum Gasteiger partial charge on any atom is 0.238 e. The predicted molar refractivity (Wildman–Crippen MR) is 73.3 cm³/mol. The largest absolute Gasteiger partial charge is 0.293 e. The van der Waals surface area contributed by atoms with Crippen molar-refractivity contribution in [1.82, 2.24) is 4.98 Å². The van der Waals surface area contributed by atoms with Crippen LogP contribution in [-0.4, -0.2) is 16.6 Å². The lowest BCUT2D eigenvalue weighted by Crippen LogP contribution is -2.27. The standard InChI is InChI=1S/C14H11FN2OS/c15-11-5-3-10(4-6-11)14-17(13(18)9-19-14)12-2-1-7-16-8-12/h1-8,14H,9H2. The molecule has 1 atom stereocenters. The van der Waals surface area contributed by atoms with Gasteiger partial charge in [-0.15, -0.1) is 11.8 Å². The summed E-state index contributed by atoms with van der Waals surface area (Å²) in [7, 11) is 0. The summed E-state index contributed by atoms with van der Waals surface area (Å²) in [5, 5.41) is -0.114. The van der Waals surface area contributed by atoms with Gasteiger partial charge >= 0.3 is 0 Å². The highest BCUT2D eigenvalue weighted by molar-refractivity contribution is 8.00. The van der Waals surface area contributed by atoms with Gasteiger partial charge in [-0.3, -0.25) is 14.7 Å². The molecule has 0 bridgehead atoms. The van der Waals surface area contributed by atoms with Gasteiger partial charge in [-0.2, -0.15) is 0 Å². The zero-order valence-corrected chi connectivity index (χ0v) is 10.8. The van der Waals surface area contributed by atoms with Crippen molar-refractivity contribution < 1.29 is 9.18 Å². The fourth-order valence-corrected chi connectivity index (χ4v) is 3.25. The Kier molecular flexibility index (Phi) is 3.21. The van der Waals surface area contributed by atoms with Gasteiger partial charge in [0, 0.05) is 6.20 Å². The van der Waals surface area contributed by atoms with Crippen LogP contribution in [0.1, 0.15) is 10.9 Å². The summed E-state index contributed by atoms with van der Waals surface area (Å²) >= 11 is 1.54. The Morgan fingerprint density at radius 1 is 1.26 bits per heavy atom. The number of hydrogen-bond donors (Lipinski definition) is 0. The van der Waals surface area contributed by atoms with Crippen LogP contribution in [0, 0.1) is 5.82 Å². The van der Waals surface area contributed by atoms with Crippen molar-refractivity contribution in [3.05, 3.63) is 60.2 Å². The Labute approximate surface area is 114 Å². The van der Waals surface area contributed by atoms with Gasteiger partial charge in [-0.25, -0.2) is 4.39 Å². The van der Waals surface area contributed by atoms with E-state index in [0.717, 1.165) is 11.3 Å². The highest BCUT2D eigenvalue weighted by Crippen LogP contribution is 2.41. The van der Waals surface area contributed by atoms with Crippen molar-refractivity contribution in [1.29, 1.82) is 0 Å². The average molecular weight is 274 g/mol. The zero-order valence-electron chi connectivity index (χ0n) is 9.99. The third-order valence-corrected chi connectivity index (χ3v) is 4.16. The van der Waals surface area contributed by atoms with Crippen LogP contribution in [0.4, 0.5) is 10.1 Å². The molecule has 1 aromatic heterocycles. The van der Waals surface area contributed by atoms with Crippen molar-refractivity contribution >= 4 is 23.4 Å². The minimum absolute atomic E-state index is 0.0484. The molecule has 1 fully saturated rings. The summed E-state index contributed by atoms with van der Waals surface area (Å²) in [5.74, 6) is 0.204. The Morgan fingerprint density at radius 2 is 2.05 bits per heavy atom. The first-order chi connectivity index (χ1) is 9.25. The summed E-state index contributed by atoms with van der Waals surface area (Å²) in [5.41, 5.74) is 1.69. The molecule has 2 heterocycles. The second-order valence-electron chi connectivity index (χ2n) is 4.19. The first-order valence-electron chi connectivity index (χ1n) is 5.85. The van der Waals surface area contributed by atoms with Crippen molar-refractivity contribution in [2.24, 2.45) is 0 Å². The van der Waals surface area contributed by atoms with Crippen molar-refractivity contribution in [3.8, 4) is 0 Å².